The first-order valence-corrected chi connectivity index (χ1v) is 11.1. The van der Waals surface area contributed by atoms with Crippen molar-refractivity contribution in [1.29, 1.82) is 5.26 Å². The molecular weight excluding hydrogens is 483 g/mol. The zero-order valence-electron chi connectivity index (χ0n) is 19.1. The fourth-order valence-corrected chi connectivity index (χ4v) is 4.48. The van der Waals surface area contributed by atoms with Gasteiger partial charge in [0, 0.05) is 34.5 Å². The van der Waals surface area contributed by atoms with Crippen molar-refractivity contribution in [3.63, 3.8) is 0 Å². The Morgan fingerprint density at radius 3 is 2.59 bits per heavy atom. The van der Waals surface area contributed by atoms with Crippen molar-refractivity contribution in [2.24, 2.45) is 5.73 Å². The third kappa shape index (κ3) is 4.29. The normalized spacial score (nSPS) is 12.4. The average Bonchev–Trinajstić information content (AvgIpc) is 3.56. The fraction of sp³-hybridized carbons (Fsp3) is 0.115. The van der Waals surface area contributed by atoms with Crippen LogP contribution in [0.1, 0.15) is 33.9 Å². The number of carbonyl (C=O) groups excluding carboxylic acids is 1. The van der Waals surface area contributed by atoms with E-state index in [9.17, 15) is 23.2 Å². The highest BCUT2D eigenvalue weighted by atomic mass is 19.4. The molecule has 184 valence electrons. The smallest absolute Gasteiger partial charge is 0.366 e. The molecule has 0 saturated carbocycles. The molecular formula is C26H18F3N7O. The van der Waals surface area contributed by atoms with Crippen molar-refractivity contribution in [2.45, 2.75) is 18.6 Å². The van der Waals surface area contributed by atoms with Gasteiger partial charge in [0.25, 0.3) is 0 Å². The van der Waals surface area contributed by atoms with Crippen molar-refractivity contribution in [2.75, 3.05) is 0 Å². The van der Waals surface area contributed by atoms with Gasteiger partial charge in [0.05, 0.1) is 36.0 Å². The Morgan fingerprint density at radius 2 is 1.89 bits per heavy atom. The summed E-state index contributed by atoms with van der Waals surface area (Å²) in [6, 6.07) is 12.8. The number of nitrogens with two attached hydrogens (primary N) is 1. The van der Waals surface area contributed by atoms with Crippen LogP contribution in [0.5, 0.6) is 0 Å². The lowest BCUT2D eigenvalue weighted by molar-refractivity contribution is -0.138. The van der Waals surface area contributed by atoms with Crippen LogP contribution in [0.2, 0.25) is 0 Å². The van der Waals surface area contributed by atoms with E-state index in [1.807, 2.05) is 6.07 Å². The van der Waals surface area contributed by atoms with Gasteiger partial charge in [-0.05, 0) is 23.3 Å². The topological polar surface area (TPSA) is 126 Å². The number of alkyl halides is 3. The number of benzene rings is 2. The Morgan fingerprint density at radius 1 is 1.11 bits per heavy atom. The van der Waals surface area contributed by atoms with Gasteiger partial charge in [0.2, 0.25) is 5.91 Å². The quantitative estimate of drug-likeness (QED) is 0.334. The molecule has 0 fully saturated rings. The summed E-state index contributed by atoms with van der Waals surface area (Å²) in [6.45, 7) is 0. The van der Waals surface area contributed by atoms with Crippen molar-refractivity contribution < 1.29 is 18.0 Å². The van der Waals surface area contributed by atoms with Crippen LogP contribution in [-0.4, -0.2) is 30.6 Å². The number of hydrogen-bond acceptors (Lipinski definition) is 5. The summed E-state index contributed by atoms with van der Waals surface area (Å²) in [5.41, 5.74) is 5.48. The third-order valence-electron chi connectivity index (χ3n) is 6.04. The SMILES string of the molecule is N#CCC(c1ccc(C(N)=O)c(-c2ccccc2)c1C(F)(F)F)n1cc(-c2ncnc3[nH]ccc23)cn1. The molecule has 37 heavy (non-hydrogen) atoms. The van der Waals surface area contributed by atoms with Crippen molar-refractivity contribution in [1.82, 2.24) is 24.7 Å². The molecule has 3 aromatic heterocycles. The second-order valence-electron chi connectivity index (χ2n) is 8.23. The molecule has 8 nitrogen and oxygen atoms in total. The molecule has 0 bridgehead atoms. The molecule has 0 aliphatic heterocycles. The Balaban J connectivity index is 1.72. The zero-order valence-corrected chi connectivity index (χ0v) is 19.1. The second kappa shape index (κ2) is 9.23. The van der Waals surface area contributed by atoms with Crippen LogP contribution in [0.25, 0.3) is 33.4 Å². The second-order valence-corrected chi connectivity index (χ2v) is 8.23. The van der Waals surface area contributed by atoms with Crippen LogP contribution in [-0.2, 0) is 6.18 Å². The number of fused-ring (bicyclic) bond motifs is 1. The van der Waals surface area contributed by atoms with Crippen LogP contribution < -0.4 is 5.73 Å². The predicted octanol–water partition coefficient (Wildman–Crippen LogP) is 5.11. The van der Waals surface area contributed by atoms with Crippen molar-refractivity contribution in [3.8, 4) is 28.5 Å². The van der Waals surface area contributed by atoms with Crippen LogP contribution >= 0.6 is 0 Å². The van der Waals surface area contributed by atoms with Gasteiger partial charge in [0.1, 0.15) is 12.0 Å². The maximum absolute atomic E-state index is 14.7. The van der Waals surface area contributed by atoms with Crippen LogP contribution in [0.15, 0.2) is 73.4 Å². The molecule has 3 N–H and O–H groups in total. The molecule has 0 aliphatic rings. The van der Waals surface area contributed by atoms with E-state index in [0.29, 0.717) is 22.3 Å². The van der Waals surface area contributed by atoms with Crippen molar-refractivity contribution >= 4 is 16.9 Å². The summed E-state index contributed by atoms with van der Waals surface area (Å²) in [7, 11) is 0. The molecule has 1 amide bonds. The summed E-state index contributed by atoms with van der Waals surface area (Å²) >= 11 is 0. The lowest BCUT2D eigenvalue weighted by atomic mass is 9.87. The third-order valence-corrected chi connectivity index (χ3v) is 6.04. The highest BCUT2D eigenvalue weighted by molar-refractivity contribution is 6.01. The fourth-order valence-electron chi connectivity index (χ4n) is 4.48. The Kier molecular flexibility index (Phi) is 5.93. The lowest BCUT2D eigenvalue weighted by Gasteiger charge is -2.24. The molecule has 5 aromatic rings. The first kappa shape index (κ1) is 23.7. The van der Waals surface area contributed by atoms with E-state index in [1.165, 1.54) is 41.5 Å². The van der Waals surface area contributed by atoms with Gasteiger partial charge >= 0.3 is 6.18 Å². The highest BCUT2D eigenvalue weighted by Crippen LogP contribution is 2.44. The molecule has 5 rings (SSSR count). The first-order valence-electron chi connectivity index (χ1n) is 11.1. The number of nitriles is 1. The van der Waals surface area contributed by atoms with E-state index in [2.05, 4.69) is 20.1 Å². The van der Waals surface area contributed by atoms with E-state index < -0.39 is 23.7 Å². The molecule has 11 heteroatoms. The molecule has 0 aliphatic carbocycles. The van der Waals surface area contributed by atoms with Gasteiger partial charge in [-0.3, -0.25) is 9.48 Å². The van der Waals surface area contributed by atoms with Gasteiger partial charge < -0.3 is 10.7 Å². The maximum Gasteiger partial charge on any atom is 0.417 e. The molecule has 3 heterocycles. The number of halogens is 3. The summed E-state index contributed by atoms with van der Waals surface area (Å²) in [5, 5.41) is 14.6. The number of aromatic nitrogens is 5. The lowest BCUT2D eigenvalue weighted by Crippen LogP contribution is -2.22. The Hall–Kier alpha value is -4.98. The summed E-state index contributed by atoms with van der Waals surface area (Å²) < 4.78 is 45.3. The minimum Gasteiger partial charge on any atom is -0.366 e. The van der Waals surface area contributed by atoms with Crippen LogP contribution in [0, 0.1) is 11.3 Å². The zero-order chi connectivity index (χ0) is 26.2. The van der Waals surface area contributed by atoms with Gasteiger partial charge in [-0.15, -0.1) is 0 Å². The summed E-state index contributed by atoms with van der Waals surface area (Å²) in [5.74, 6) is -0.992. The van der Waals surface area contributed by atoms with Crippen molar-refractivity contribution in [3.05, 3.63) is 90.1 Å². The number of amides is 1. The Bertz CT molecular complexity index is 1650. The van der Waals surface area contributed by atoms with Crippen LogP contribution in [0.3, 0.4) is 0 Å². The molecule has 0 radical (unpaired) electrons. The Labute approximate surface area is 208 Å². The number of rotatable bonds is 6. The number of primary amides is 1. The van der Waals surface area contributed by atoms with E-state index in [-0.39, 0.29) is 28.7 Å². The maximum atomic E-state index is 14.7. The largest absolute Gasteiger partial charge is 0.417 e. The highest BCUT2D eigenvalue weighted by Gasteiger charge is 2.40. The van der Waals surface area contributed by atoms with E-state index in [1.54, 1.807) is 36.7 Å². The number of carbonyl (C=O) groups is 1. The van der Waals surface area contributed by atoms with E-state index in [0.717, 1.165) is 0 Å². The number of nitrogens with one attached hydrogen (secondary N) is 1. The van der Waals surface area contributed by atoms with Crippen LogP contribution in [0.4, 0.5) is 13.2 Å². The molecule has 0 saturated heterocycles. The summed E-state index contributed by atoms with van der Waals surface area (Å²) in [4.78, 5) is 23.6. The minimum absolute atomic E-state index is 0.179. The van der Waals surface area contributed by atoms with Gasteiger partial charge in [-0.25, -0.2) is 9.97 Å². The van der Waals surface area contributed by atoms with Gasteiger partial charge in [-0.2, -0.15) is 23.5 Å². The first-order chi connectivity index (χ1) is 17.8. The molecule has 1 atom stereocenters. The van der Waals surface area contributed by atoms with E-state index >= 15 is 0 Å². The standard InChI is InChI=1S/C26H18F3N7O/c27-26(28,29)22-17(6-7-18(24(31)37)21(22)15-4-2-1-3-5-15)20(8-10-30)36-13-16(12-35-36)23-19-9-11-32-25(19)34-14-33-23/h1-7,9,11-14,20H,8H2,(H2,31,37)(H,32,33,34). The minimum atomic E-state index is -4.86. The number of aromatic amines is 1. The van der Waals surface area contributed by atoms with E-state index in [4.69, 9.17) is 5.73 Å². The number of hydrogen-bond donors (Lipinski definition) is 2. The summed E-state index contributed by atoms with van der Waals surface area (Å²) in [6.07, 6.45) is 0.919. The van der Waals surface area contributed by atoms with Gasteiger partial charge in [-0.1, -0.05) is 36.4 Å². The molecule has 1 unspecified atom stereocenters. The molecule has 0 spiro atoms. The monoisotopic (exact) mass is 501 g/mol. The predicted molar refractivity (Wildman–Crippen MR) is 129 cm³/mol. The van der Waals surface area contributed by atoms with Gasteiger partial charge in [0.15, 0.2) is 0 Å². The molecule has 2 aromatic carbocycles. The number of H-pyrrole nitrogens is 1. The average molecular weight is 501 g/mol. The number of nitrogens with zero attached hydrogens (tertiary/aromatic N) is 5.